The van der Waals surface area contributed by atoms with Crippen LogP contribution in [0.1, 0.15) is 24.5 Å². The molecule has 3 aromatic rings. The molecule has 41 heavy (non-hydrogen) atoms. The van der Waals surface area contributed by atoms with Gasteiger partial charge in [0.15, 0.2) is 11.6 Å². The van der Waals surface area contributed by atoms with Gasteiger partial charge in [-0.1, -0.05) is 30.3 Å². The number of para-hydroxylation sites is 1. The second-order valence-corrected chi connectivity index (χ2v) is 10.3. The van der Waals surface area contributed by atoms with Gasteiger partial charge in [0.1, 0.15) is 12.4 Å². The summed E-state index contributed by atoms with van der Waals surface area (Å²) in [5.74, 6) is -4.17. The Hall–Kier alpha value is -4.55. The first kappa shape index (κ1) is 26.7. The number of fused-ring (bicyclic) bond motifs is 3. The number of anilines is 1. The number of carbonyl (C=O) groups excluding carboxylic acids is 2. The van der Waals surface area contributed by atoms with Crippen molar-refractivity contribution >= 4 is 30.3 Å². The highest BCUT2D eigenvalue weighted by Crippen LogP contribution is 2.52. The van der Waals surface area contributed by atoms with Crippen molar-refractivity contribution < 1.29 is 38.4 Å². The van der Waals surface area contributed by atoms with Crippen LogP contribution in [-0.2, 0) is 14.2 Å². The van der Waals surface area contributed by atoms with Crippen molar-refractivity contribution in [2.75, 3.05) is 11.5 Å². The summed E-state index contributed by atoms with van der Waals surface area (Å²) in [5, 5.41) is 32.2. The van der Waals surface area contributed by atoms with E-state index in [-0.39, 0.29) is 30.8 Å². The molecule has 4 atom stereocenters. The van der Waals surface area contributed by atoms with E-state index in [0.29, 0.717) is 22.4 Å². The highest BCUT2D eigenvalue weighted by Gasteiger charge is 2.58. The second-order valence-electron chi connectivity index (χ2n) is 10.3. The Morgan fingerprint density at radius 2 is 1.83 bits per heavy atom. The molecule has 2 amide bonds. The molecule has 2 N–H and O–H groups in total. The first-order chi connectivity index (χ1) is 19.7. The summed E-state index contributed by atoms with van der Waals surface area (Å²) in [6.45, 7) is 0.0380. The van der Waals surface area contributed by atoms with Crippen molar-refractivity contribution in [1.82, 2.24) is 0 Å². The van der Waals surface area contributed by atoms with Gasteiger partial charge in [0.05, 0.1) is 28.6 Å². The van der Waals surface area contributed by atoms with Crippen LogP contribution >= 0.6 is 0 Å². The second kappa shape index (κ2) is 10.5. The molecular weight excluding hydrogens is 534 g/mol. The van der Waals surface area contributed by atoms with Gasteiger partial charge in [-0.05, 0) is 65.7 Å². The number of nitro groups is 1. The molecule has 1 aliphatic carbocycles. The smallest absolute Gasteiger partial charge is 0.487 e. The van der Waals surface area contributed by atoms with Crippen LogP contribution in [0.3, 0.4) is 0 Å². The summed E-state index contributed by atoms with van der Waals surface area (Å²) < 4.78 is 26.1. The third kappa shape index (κ3) is 4.74. The average Bonchev–Trinajstić information content (AvgIpc) is 3.22. The number of nitro benzene ring substituents is 1. The Bertz CT molecular complexity index is 1580. The molecular formula is C29H24BFN2O8. The van der Waals surface area contributed by atoms with E-state index >= 15 is 0 Å². The Morgan fingerprint density at radius 3 is 2.56 bits per heavy atom. The number of aromatic hydroxyl groups is 1. The molecule has 12 heteroatoms. The number of rotatable bonds is 6. The van der Waals surface area contributed by atoms with Gasteiger partial charge in [-0.2, -0.15) is 0 Å². The first-order valence-corrected chi connectivity index (χ1v) is 13.1. The van der Waals surface area contributed by atoms with Crippen molar-refractivity contribution in [1.29, 1.82) is 0 Å². The average molecular weight is 558 g/mol. The number of imide groups is 1. The Balaban J connectivity index is 1.39. The number of halogens is 1. The van der Waals surface area contributed by atoms with E-state index in [1.54, 1.807) is 12.1 Å². The summed E-state index contributed by atoms with van der Waals surface area (Å²) in [6.07, 6.45) is -0.564. The lowest BCUT2D eigenvalue weighted by Crippen LogP contribution is -2.45. The fourth-order valence-corrected chi connectivity index (χ4v) is 6.17. The molecule has 0 spiro atoms. The third-order valence-electron chi connectivity index (χ3n) is 8.01. The monoisotopic (exact) mass is 558 g/mol. The molecule has 208 valence electrons. The van der Waals surface area contributed by atoms with Crippen LogP contribution in [0.5, 0.6) is 11.5 Å². The molecule has 0 bridgehead atoms. The van der Waals surface area contributed by atoms with Crippen LogP contribution in [-0.4, -0.2) is 40.6 Å². The maximum atomic E-state index is 14.2. The lowest BCUT2D eigenvalue weighted by Gasteiger charge is -2.42. The number of benzene rings is 3. The predicted octanol–water partition coefficient (Wildman–Crippen LogP) is 4.12. The number of carbonyl (C=O) groups is 2. The van der Waals surface area contributed by atoms with Gasteiger partial charge < -0.3 is 19.5 Å². The highest BCUT2D eigenvalue weighted by atomic mass is 19.1. The third-order valence-corrected chi connectivity index (χ3v) is 8.01. The Morgan fingerprint density at radius 1 is 1.05 bits per heavy atom. The minimum atomic E-state index is -1.46. The van der Waals surface area contributed by atoms with Crippen LogP contribution in [0.25, 0.3) is 0 Å². The molecule has 2 saturated heterocycles. The minimum absolute atomic E-state index is 0.0380. The molecule has 0 saturated carbocycles. The molecule has 3 aliphatic rings. The van der Waals surface area contributed by atoms with Gasteiger partial charge in [0.2, 0.25) is 11.8 Å². The van der Waals surface area contributed by atoms with Gasteiger partial charge in [-0.25, -0.2) is 9.29 Å². The van der Waals surface area contributed by atoms with Crippen molar-refractivity contribution in [3.63, 3.8) is 0 Å². The van der Waals surface area contributed by atoms with E-state index in [1.165, 1.54) is 36.4 Å². The molecule has 2 heterocycles. The van der Waals surface area contributed by atoms with Gasteiger partial charge in [-0.3, -0.25) is 19.7 Å². The number of phenolic OH excluding ortho intramolecular Hbond substituents is 1. The standard InChI is InChI=1S/C29H24BFN2O8/c31-23-12-16(9-10-24(23)34)25-14-21-26-22(28(35)32(29(26)36)18-5-4-6-19(13-18)33(38)39)11-17(27(21)30(37)41-25)15-40-20-7-2-1-3-8-20/h1-10,12-13,21-22,25-26,34,37H,11,14-15H2/t21-,22-,25-,26+/m0/s1. The van der Waals surface area contributed by atoms with Crippen LogP contribution < -0.4 is 9.64 Å². The summed E-state index contributed by atoms with van der Waals surface area (Å²) in [4.78, 5) is 39.4. The van der Waals surface area contributed by atoms with Crippen LogP contribution in [0.15, 0.2) is 83.8 Å². The van der Waals surface area contributed by atoms with Gasteiger partial charge in [-0.15, -0.1) is 0 Å². The minimum Gasteiger partial charge on any atom is -0.505 e. The predicted molar refractivity (Wildman–Crippen MR) is 144 cm³/mol. The zero-order valence-corrected chi connectivity index (χ0v) is 21.6. The molecule has 2 aliphatic heterocycles. The van der Waals surface area contributed by atoms with E-state index in [0.717, 1.165) is 11.0 Å². The fraction of sp³-hybridized carbons (Fsp3) is 0.241. The summed E-state index contributed by atoms with van der Waals surface area (Å²) in [6, 6.07) is 18.1. The number of ether oxygens (including phenoxy) is 1. The van der Waals surface area contributed by atoms with E-state index in [4.69, 9.17) is 9.39 Å². The van der Waals surface area contributed by atoms with Crippen LogP contribution in [0, 0.1) is 33.7 Å². The summed E-state index contributed by atoms with van der Waals surface area (Å²) in [7, 11) is -1.46. The largest absolute Gasteiger partial charge is 0.505 e. The van der Waals surface area contributed by atoms with Gasteiger partial charge in [0.25, 0.3) is 5.69 Å². The number of allylic oxidation sites excluding steroid dienone is 1. The normalized spacial score (nSPS) is 23.9. The number of phenols is 1. The maximum Gasteiger partial charge on any atom is 0.487 e. The molecule has 3 aromatic carbocycles. The lowest BCUT2D eigenvalue weighted by atomic mass is 9.55. The quantitative estimate of drug-likeness (QED) is 0.199. The SMILES string of the molecule is O=C1[C@H]2[C@H](CC(COc3ccccc3)=C3B(O)O[C@H](c4ccc(O)c(F)c4)C[C@H]32)C(=O)N1c1cccc([N+](=O)[O-])c1. The Kier molecular flexibility index (Phi) is 6.80. The molecule has 0 radical (unpaired) electrons. The number of non-ortho nitro benzene ring substituents is 1. The van der Waals surface area contributed by atoms with Crippen molar-refractivity contribution in [2.24, 2.45) is 17.8 Å². The number of nitrogens with zero attached hydrogens (tertiary/aromatic N) is 2. The van der Waals surface area contributed by atoms with E-state index in [1.807, 2.05) is 18.2 Å². The number of hydrogen-bond donors (Lipinski definition) is 2. The van der Waals surface area contributed by atoms with E-state index in [9.17, 15) is 34.2 Å². The Labute approximate surface area is 233 Å². The number of hydrogen-bond acceptors (Lipinski definition) is 8. The lowest BCUT2D eigenvalue weighted by molar-refractivity contribution is -0.384. The van der Waals surface area contributed by atoms with Crippen LogP contribution in [0.2, 0.25) is 0 Å². The summed E-state index contributed by atoms with van der Waals surface area (Å²) in [5.41, 5.74) is 1.25. The zero-order chi connectivity index (χ0) is 28.8. The van der Waals surface area contributed by atoms with Crippen LogP contribution in [0.4, 0.5) is 15.8 Å². The molecule has 10 nitrogen and oxygen atoms in total. The van der Waals surface area contributed by atoms with Gasteiger partial charge in [0, 0.05) is 12.1 Å². The van der Waals surface area contributed by atoms with Crippen molar-refractivity contribution in [3.05, 3.63) is 105 Å². The summed E-state index contributed by atoms with van der Waals surface area (Å²) >= 11 is 0. The first-order valence-electron chi connectivity index (χ1n) is 13.1. The molecule has 6 rings (SSSR count). The highest BCUT2D eigenvalue weighted by molar-refractivity contribution is 6.53. The van der Waals surface area contributed by atoms with E-state index in [2.05, 4.69) is 0 Å². The topological polar surface area (TPSA) is 139 Å². The molecule has 0 aromatic heterocycles. The number of amides is 2. The fourth-order valence-electron chi connectivity index (χ4n) is 6.17. The van der Waals surface area contributed by atoms with E-state index < -0.39 is 59.3 Å². The zero-order valence-electron chi connectivity index (χ0n) is 21.6. The van der Waals surface area contributed by atoms with Gasteiger partial charge >= 0.3 is 7.12 Å². The maximum absolute atomic E-state index is 14.2. The molecule has 2 fully saturated rings. The van der Waals surface area contributed by atoms with Crippen molar-refractivity contribution in [2.45, 2.75) is 18.9 Å². The van der Waals surface area contributed by atoms with Crippen molar-refractivity contribution in [3.8, 4) is 11.5 Å². The molecule has 0 unspecified atom stereocenters.